The second kappa shape index (κ2) is 6.07. The van der Waals surface area contributed by atoms with Gasteiger partial charge in [0.2, 0.25) is 0 Å². The number of aromatic amines is 2. The van der Waals surface area contributed by atoms with E-state index in [-0.39, 0.29) is 11.6 Å². The van der Waals surface area contributed by atoms with Crippen LogP contribution in [0.2, 0.25) is 5.02 Å². The first-order chi connectivity index (χ1) is 10.6. The molecule has 6 heteroatoms. The quantitative estimate of drug-likeness (QED) is 0.691. The number of para-hydroxylation sites is 1. The molecule has 0 saturated carbocycles. The summed E-state index contributed by atoms with van der Waals surface area (Å²) in [6.07, 6.45) is 0.711. The molecule has 0 fully saturated rings. The number of imidazole rings is 1. The molecule has 0 atom stereocenters. The molecule has 0 radical (unpaired) electrons. The molecule has 0 saturated heterocycles. The van der Waals surface area contributed by atoms with Crippen molar-refractivity contribution in [2.24, 2.45) is 0 Å². The molecule has 1 amide bonds. The van der Waals surface area contributed by atoms with E-state index in [0.717, 1.165) is 5.56 Å². The average molecular weight is 316 g/mol. The Bertz CT molecular complexity index is 865. The van der Waals surface area contributed by atoms with Crippen LogP contribution in [0.5, 0.6) is 0 Å². The fourth-order valence-electron chi connectivity index (χ4n) is 2.31. The molecule has 0 aliphatic carbocycles. The Morgan fingerprint density at radius 2 is 1.86 bits per heavy atom. The minimum absolute atomic E-state index is 0.213. The van der Waals surface area contributed by atoms with Gasteiger partial charge in [0.15, 0.2) is 0 Å². The number of rotatable bonds is 4. The molecule has 2 aromatic carbocycles. The van der Waals surface area contributed by atoms with E-state index in [9.17, 15) is 9.59 Å². The van der Waals surface area contributed by atoms with E-state index in [4.69, 9.17) is 11.6 Å². The second-order valence-electron chi connectivity index (χ2n) is 4.94. The van der Waals surface area contributed by atoms with Crippen molar-refractivity contribution in [2.75, 3.05) is 6.54 Å². The van der Waals surface area contributed by atoms with Crippen LogP contribution in [0.1, 0.15) is 15.9 Å². The van der Waals surface area contributed by atoms with Crippen molar-refractivity contribution in [3.05, 3.63) is 69.1 Å². The lowest BCUT2D eigenvalue weighted by Gasteiger charge is -2.06. The maximum Gasteiger partial charge on any atom is 0.323 e. The van der Waals surface area contributed by atoms with Gasteiger partial charge in [0.1, 0.15) is 0 Å². The Labute approximate surface area is 131 Å². The van der Waals surface area contributed by atoms with Gasteiger partial charge in [-0.3, -0.25) is 4.79 Å². The van der Waals surface area contributed by atoms with Crippen LogP contribution in [0.15, 0.2) is 47.3 Å². The lowest BCUT2D eigenvalue weighted by Crippen LogP contribution is -2.26. The molecule has 5 nitrogen and oxygen atoms in total. The number of amides is 1. The fourth-order valence-corrected chi connectivity index (χ4v) is 2.44. The average Bonchev–Trinajstić information content (AvgIpc) is 2.89. The van der Waals surface area contributed by atoms with Gasteiger partial charge in [0.25, 0.3) is 5.91 Å². The summed E-state index contributed by atoms with van der Waals surface area (Å²) in [5, 5.41) is 3.55. The highest BCUT2D eigenvalue weighted by molar-refractivity contribution is 6.30. The number of benzene rings is 2. The van der Waals surface area contributed by atoms with Crippen LogP contribution in [0.4, 0.5) is 0 Å². The number of nitrogens with one attached hydrogen (secondary N) is 3. The third kappa shape index (κ3) is 3.04. The fraction of sp³-hybridized carbons (Fsp3) is 0.125. The molecule has 1 aromatic heterocycles. The van der Waals surface area contributed by atoms with Gasteiger partial charge in [-0.05, 0) is 36.2 Å². The van der Waals surface area contributed by atoms with Crippen molar-refractivity contribution >= 4 is 28.5 Å². The normalized spacial score (nSPS) is 10.8. The van der Waals surface area contributed by atoms with E-state index in [1.165, 1.54) is 0 Å². The maximum absolute atomic E-state index is 12.2. The molecule has 0 bridgehead atoms. The molecular weight excluding hydrogens is 302 g/mol. The number of aromatic nitrogens is 2. The zero-order valence-corrected chi connectivity index (χ0v) is 12.4. The summed E-state index contributed by atoms with van der Waals surface area (Å²) in [5.74, 6) is -0.213. The van der Waals surface area contributed by atoms with Crippen LogP contribution in [0.25, 0.3) is 11.0 Å². The van der Waals surface area contributed by atoms with Crippen LogP contribution in [-0.4, -0.2) is 22.4 Å². The number of H-pyrrole nitrogens is 2. The van der Waals surface area contributed by atoms with Gasteiger partial charge in [-0.15, -0.1) is 0 Å². The molecule has 3 rings (SSSR count). The molecule has 1 heterocycles. The summed E-state index contributed by atoms with van der Waals surface area (Å²) in [6, 6.07) is 12.7. The summed E-state index contributed by atoms with van der Waals surface area (Å²) >= 11 is 5.83. The van der Waals surface area contributed by atoms with Crippen LogP contribution in [0.3, 0.4) is 0 Å². The molecule has 0 aliphatic heterocycles. The van der Waals surface area contributed by atoms with Gasteiger partial charge in [-0.2, -0.15) is 0 Å². The Balaban J connectivity index is 1.68. The van der Waals surface area contributed by atoms with Gasteiger partial charge in [-0.1, -0.05) is 29.8 Å². The van der Waals surface area contributed by atoms with Gasteiger partial charge >= 0.3 is 5.69 Å². The number of carbonyl (C=O) groups excluding carboxylic acids is 1. The van der Waals surface area contributed by atoms with Crippen LogP contribution in [-0.2, 0) is 6.42 Å². The second-order valence-corrected chi connectivity index (χ2v) is 5.38. The predicted octanol–water partition coefficient (Wildman–Crippen LogP) is 2.48. The molecule has 3 aromatic rings. The van der Waals surface area contributed by atoms with Crippen molar-refractivity contribution in [1.82, 2.24) is 15.3 Å². The van der Waals surface area contributed by atoms with E-state index >= 15 is 0 Å². The molecule has 0 spiro atoms. The molecular formula is C16H14ClN3O2. The van der Waals surface area contributed by atoms with Crippen LogP contribution in [0, 0.1) is 0 Å². The van der Waals surface area contributed by atoms with Crippen molar-refractivity contribution in [1.29, 1.82) is 0 Å². The van der Waals surface area contributed by atoms with E-state index in [1.807, 2.05) is 24.3 Å². The smallest absolute Gasteiger partial charge is 0.323 e. The van der Waals surface area contributed by atoms with Crippen molar-refractivity contribution in [2.45, 2.75) is 6.42 Å². The Morgan fingerprint density at radius 1 is 1.09 bits per heavy atom. The third-order valence-electron chi connectivity index (χ3n) is 3.41. The minimum atomic E-state index is -0.323. The van der Waals surface area contributed by atoms with Gasteiger partial charge in [-0.25, -0.2) is 4.79 Å². The lowest BCUT2D eigenvalue weighted by molar-refractivity contribution is 0.0955. The van der Waals surface area contributed by atoms with Crippen LogP contribution < -0.4 is 11.0 Å². The minimum Gasteiger partial charge on any atom is -0.352 e. The summed E-state index contributed by atoms with van der Waals surface area (Å²) in [5.41, 5.74) is 2.37. The molecule has 22 heavy (non-hydrogen) atoms. The van der Waals surface area contributed by atoms with E-state index in [0.29, 0.717) is 34.6 Å². The first-order valence-electron chi connectivity index (χ1n) is 6.87. The molecule has 3 N–H and O–H groups in total. The standard InChI is InChI=1S/C16H14ClN3O2/c17-11-6-4-10(5-7-11)8-9-18-15(21)12-2-1-3-13-14(12)20-16(22)19-13/h1-7H,8-9H2,(H,18,21)(H2,19,20,22). The van der Waals surface area contributed by atoms with Crippen molar-refractivity contribution < 1.29 is 4.79 Å². The van der Waals surface area contributed by atoms with Crippen LogP contribution >= 0.6 is 11.6 Å². The van der Waals surface area contributed by atoms with Gasteiger partial charge in [0, 0.05) is 11.6 Å². The SMILES string of the molecule is O=C(NCCc1ccc(Cl)cc1)c1cccc2[nH]c(=O)[nH]c12. The molecule has 0 unspecified atom stereocenters. The van der Waals surface area contributed by atoms with Crippen molar-refractivity contribution in [3.63, 3.8) is 0 Å². The lowest BCUT2D eigenvalue weighted by atomic mass is 10.1. The van der Waals surface area contributed by atoms with Gasteiger partial charge in [0.05, 0.1) is 16.6 Å². The van der Waals surface area contributed by atoms with Gasteiger partial charge < -0.3 is 15.3 Å². The highest BCUT2D eigenvalue weighted by atomic mass is 35.5. The largest absolute Gasteiger partial charge is 0.352 e. The summed E-state index contributed by atoms with van der Waals surface area (Å²) in [7, 11) is 0. The highest BCUT2D eigenvalue weighted by Gasteiger charge is 2.11. The first kappa shape index (κ1) is 14.4. The van der Waals surface area contributed by atoms with E-state index < -0.39 is 0 Å². The Kier molecular flexibility index (Phi) is 3.98. The topological polar surface area (TPSA) is 77.8 Å². The zero-order valence-electron chi connectivity index (χ0n) is 11.7. The Hall–Kier alpha value is -2.53. The van der Waals surface area contributed by atoms with Crippen molar-refractivity contribution in [3.8, 4) is 0 Å². The first-order valence-corrected chi connectivity index (χ1v) is 7.25. The summed E-state index contributed by atoms with van der Waals surface area (Å²) in [6.45, 7) is 0.505. The van der Waals surface area contributed by atoms with E-state index in [1.54, 1.807) is 18.2 Å². The maximum atomic E-state index is 12.2. The van der Waals surface area contributed by atoms with E-state index in [2.05, 4.69) is 15.3 Å². The number of hydrogen-bond donors (Lipinski definition) is 3. The monoisotopic (exact) mass is 315 g/mol. The number of halogens is 1. The zero-order chi connectivity index (χ0) is 15.5. The number of fused-ring (bicyclic) bond motifs is 1. The molecule has 0 aliphatic rings. The molecule has 112 valence electrons. The number of carbonyl (C=O) groups is 1. The predicted molar refractivity (Wildman–Crippen MR) is 86.4 cm³/mol. The highest BCUT2D eigenvalue weighted by Crippen LogP contribution is 2.13. The Morgan fingerprint density at radius 3 is 2.64 bits per heavy atom. The number of hydrogen-bond acceptors (Lipinski definition) is 2. The third-order valence-corrected chi connectivity index (χ3v) is 3.66. The summed E-state index contributed by atoms with van der Waals surface area (Å²) in [4.78, 5) is 28.9. The summed E-state index contributed by atoms with van der Waals surface area (Å²) < 4.78 is 0.